The van der Waals surface area contributed by atoms with Crippen molar-refractivity contribution in [1.82, 2.24) is 4.31 Å². The molecule has 2 N–H and O–H groups in total. The molecule has 3 aromatic carbocycles. The summed E-state index contributed by atoms with van der Waals surface area (Å²) < 4.78 is 26.9. The molecule has 6 nitrogen and oxygen atoms in total. The highest BCUT2D eigenvalue weighted by molar-refractivity contribution is 7.89. The van der Waals surface area contributed by atoms with E-state index in [0.717, 1.165) is 24.0 Å². The molecule has 0 saturated carbocycles. The average Bonchev–Trinajstić information content (AvgIpc) is 3.32. The summed E-state index contributed by atoms with van der Waals surface area (Å²) in [7, 11) is -3.64. The first-order valence-electron chi connectivity index (χ1n) is 9.75. The molecule has 154 valence electrons. The van der Waals surface area contributed by atoms with Crippen molar-refractivity contribution in [3.05, 3.63) is 78.4 Å². The number of amides is 1. The molecule has 7 heteroatoms. The fourth-order valence-corrected chi connectivity index (χ4v) is 5.04. The Labute approximate surface area is 175 Å². The highest BCUT2D eigenvalue weighted by Crippen LogP contribution is 2.30. The summed E-state index contributed by atoms with van der Waals surface area (Å²) in [5.74, 6) is -0.620. The number of aromatic hydroxyl groups is 1. The molecule has 0 aromatic heterocycles. The van der Waals surface area contributed by atoms with Gasteiger partial charge in [0.2, 0.25) is 10.0 Å². The first-order valence-corrected chi connectivity index (χ1v) is 11.2. The number of phenolic OH excluding ortho intramolecular Hbond substituents is 1. The summed E-state index contributed by atoms with van der Waals surface area (Å²) in [5, 5.41) is 12.7. The lowest BCUT2D eigenvalue weighted by Gasteiger charge is -2.16. The third-order valence-corrected chi connectivity index (χ3v) is 7.07. The molecule has 0 aliphatic carbocycles. The van der Waals surface area contributed by atoms with Crippen molar-refractivity contribution < 1.29 is 18.3 Å². The third kappa shape index (κ3) is 4.08. The van der Waals surface area contributed by atoms with Gasteiger partial charge in [0.1, 0.15) is 5.75 Å². The van der Waals surface area contributed by atoms with E-state index in [0.29, 0.717) is 18.7 Å². The van der Waals surface area contributed by atoms with E-state index in [1.54, 1.807) is 12.1 Å². The topological polar surface area (TPSA) is 86.7 Å². The molecule has 1 aliphatic rings. The minimum Gasteiger partial charge on any atom is -0.506 e. The maximum atomic E-state index is 12.8. The number of carbonyl (C=O) groups excluding carboxylic acids is 1. The standard InChI is InChI=1S/C23H22N2O4S/c26-22-13-12-20(30(28,29)25-14-4-5-15-25)16-21(22)24-23(27)19-10-8-18(9-11-19)17-6-2-1-3-7-17/h1-3,6-13,16,26H,4-5,14-15H2,(H,24,27). The Morgan fingerprint density at radius 2 is 1.50 bits per heavy atom. The minimum absolute atomic E-state index is 0.0527. The van der Waals surface area contributed by atoms with Crippen LogP contribution in [0.25, 0.3) is 11.1 Å². The van der Waals surface area contributed by atoms with Gasteiger partial charge in [0.15, 0.2) is 0 Å². The summed E-state index contributed by atoms with van der Waals surface area (Å²) in [4.78, 5) is 12.7. The zero-order valence-electron chi connectivity index (χ0n) is 16.3. The van der Waals surface area contributed by atoms with Gasteiger partial charge in [-0.15, -0.1) is 0 Å². The molecule has 1 amide bonds. The number of hydrogen-bond acceptors (Lipinski definition) is 4. The molecule has 0 radical (unpaired) electrons. The number of benzene rings is 3. The molecule has 1 saturated heterocycles. The second-order valence-electron chi connectivity index (χ2n) is 7.19. The van der Waals surface area contributed by atoms with Crippen LogP contribution in [0, 0.1) is 0 Å². The molecule has 0 atom stereocenters. The zero-order chi connectivity index (χ0) is 21.1. The Balaban J connectivity index is 1.54. The van der Waals surface area contributed by atoms with E-state index in [-0.39, 0.29) is 16.3 Å². The Morgan fingerprint density at radius 1 is 0.867 bits per heavy atom. The number of phenols is 1. The highest BCUT2D eigenvalue weighted by Gasteiger charge is 2.28. The van der Waals surface area contributed by atoms with Gasteiger partial charge < -0.3 is 10.4 Å². The molecular weight excluding hydrogens is 400 g/mol. The SMILES string of the molecule is O=C(Nc1cc(S(=O)(=O)N2CCCC2)ccc1O)c1ccc(-c2ccccc2)cc1. The van der Waals surface area contributed by atoms with Crippen molar-refractivity contribution in [1.29, 1.82) is 0 Å². The van der Waals surface area contributed by atoms with Crippen molar-refractivity contribution in [2.24, 2.45) is 0 Å². The van der Waals surface area contributed by atoms with Gasteiger partial charge >= 0.3 is 0 Å². The Morgan fingerprint density at radius 3 is 2.17 bits per heavy atom. The number of rotatable bonds is 5. The Bertz CT molecular complexity index is 1150. The fourth-order valence-electron chi connectivity index (χ4n) is 3.49. The van der Waals surface area contributed by atoms with E-state index in [1.165, 1.54) is 22.5 Å². The lowest BCUT2D eigenvalue weighted by molar-refractivity contribution is 0.102. The highest BCUT2D eigenvalue weighted by atomic mass is 32.2. The van der Waals surface area contributed by atoms with Crippen LogP contribution >= 0.6 is 0 Å². The van der Waals surface area contributed by atoms with E-state index in [2.05, 4.69) is 5.32 Å². The molecule has 0 spiro atoms. The summed E-state index contributed by atoms with van der Waals surface area (Å²) in [6, 6.07) is 20.8. The number of anilines is 1. The first kappa shape index (κ1) is 20.1. The van der Waals surface area contributed by atoms with Crippen LogP contribution in [0.15, 0.2) is 77.7 Å². The van der Waals surface area contributed by atoms with Crippen molar-refractivity contribution >= 4 is 21.6 Å². The second kappa shape index (κ2) is 8.30. The lowest BCUT2D eigenvalue weighted by atomic mass is 10.0. The van der Waals surface area contributed by atoms with Gasteiger partial charge in [-0.05, 0) is 54.3 Å². The van der Waals surface area contributed by atoms with Crippen LogP contribution in [0.5, 0.6) is 5.75 Å². The molecule has 1 aliphatic heterocycles. The maximum absolute atomic E-state index is 12.8. The van der Waals surface area contributed by atoms with Crippen molar-refractivity contribution in [2.45, 2.75) is 17.7 Å². The van der Waals surface area contributed by atoms with Crippen LogP contribution in [0.2, 0.25) is 0 Å². The van der Waals surface area contributed by atoms with Crippen LogP contribution in [-0.4, -0.2) is 36.8 Å². The third-order valence-electron chi connectivity index (χ3n) is 5.17. The van der Waals surface area contributed by atoms with Crippen LogP contribution < -0.4 is 5.32 Å². The molecule has 4 rings (SSSR count). The monoisotopic (exact) mass is 422 g/mol. The van der Waals surface area contributed by atoms with E-state index < -0.39 is 15.9 Å². The fraction of sp³-hybridized carbons (Fsp3) is 0.174. The average molecular weight is 423 g/mol. The summed E-state index contributed by atoms with van der Waals surface area (Å²) >= 11 is 0. The van der Waals surface area contributed by atoms with Crippen molar-refractivity contribution in [2.75, 3.05) is 18.4 Å². The van der Waals surface area contributed by atoms with Gasteiger partial charge in [0.05, 0.1) is 10.6 Å². The summed E-state index contributed by atoms with van der Waals surface area (Å²) in [6.45, 7) is 0.970. The maximum Gasteiger partial charge on any atom is 0.255 e. The zero-order valence-corrected chi connectivity index (χ0v) is 17.1. The number of nitrogens with zero attached hydrogens (tertiary/aromatic N) is 1. The largest absolute Gasteiger partial charge is 0.506 e. The minimum atomic E-state index is -3.64. The molecule has 1 fully saturated rings. The number of carbonyl (C=O) groups is 1. The quantitative estimate of drug-likeness (QED) is 0.606. The molecule has 0 bridgehead atoms. The van der Waals surface area contributed by atoms with Gasteiger partial charge in [0, 0.05) is 18.7 Å². The van der Waals surface area contributed by atoms with Gasteiger partial charge in [-0.25, -0.2) is 8.42 Å². The summed E-state index contributed by atoms with van der Waals surface area (Å²) in [6.07, 6.45) is 1.67. The predicted octanol–water partition coefficient (Wildman–Crippen LogP) is 4.10. The van der Waals surface area contributed by atoms with Gasteiger partial charge in [-0.1, -0.05) is 42.5 Å². The van der Waals surface area contributed by atoms with Gasteiger partial charge in [-0.3, -0.25) is 4.79 Å². The number of nitrogens with one attached hydrogen (secondary N) is 1. The van der Waals surface area contributed by atoms with Crippen LogP contribution in [0.1, 0.15) is 23.2 Å². The predicted molar refractivity (Wildman–Crippen MR) is 116 cm³/mol. The smallest absolute Gasteiger partial charge is 0.255 e. The summed E-state index contributed by atoms with van der Waals surface area (Å²) in [5.41, 5.74) is 2.49. The first-order chi connectivity index (χ1) is 14.4. The Hall–Kier alpha value is -3.16. The number of sulfonamides is 1. The van der Waals surface area contributed by atoms with E-state index in [9.17, 15) is 18.3 Å². The van der Waals surface area contributed by atoms with Crippen LogP contribution in [0.4, 0.5) is 5.69 Å². The second-order valence-corrected chi connectivity index (χ2v) is 9.13. The van der Waals surface area contributed by atoms with Gasteiger partial charge in [-0.2, -0.15) is 4.31 Å². The molecular formula is C23H22N2O4S. The van der Waals surface area contributed by atoms with Crippen LogP contribution in [-0.2, 0) is 10.0 Å². The normalized spacial score (nSPS) is 14.5. The van der Waals surface area contributed by atoms with E-state index in [4.69, 9.17) is 0 Å². The molecule has 30 heavy (non-hydrogen) atoms. The lowest BCUT2D eigenvalue weighted by Crippen LogP contribution is -2.28. The Kier molecular flexibility index (Phi) is 5.57. The van der Waals surface area contributed by atoms with Crippen molar-refractivity contribution in [3.8, 4) is 16.9 Å². The molecule has 3 aromatic rings. The van der Waals surface area contributed by atoms with E-state index in [1.807, 2.05) is 42.5 Å². The van der Waals surface area contributed by atoms with Gasteiger partial charge in [0.25, 0.3) is 5.91 Å². The van der Waals surface area contributed by atoms with Crippen molar-refractivity contribution in [3.63, 3.8) is 0 Å². The van der Waals surface area contributed by atoms with Crippen LogP contribution in [0.3, 0.4) is 0 Å². The number of hydrogen-bond donors (Lipinski definition) is 2. The molecule has 1 heterocycles. The van der Waals surface area contributed by atoms with E-state index >= 15 is 0 Å². The molecule has 0 unspecified atom stereocenters.